The fourth-order valence-corrected chi connectivity index (χ4v) is 2.37. The number of methoxy groups -OCH3 is 1. The summed E-state index contributed by atoms with van der Waals surface area (Å²) in [5.41, 5.74) is -3.16. The molecule has 0 atom stereocenters. The Morgan fingerprint density at radius 3 is 2.33 bits per heavy atom. The summed E-state index contributed by atoms with van der Waals surface area (Å²) in [6.45, 7) is -0.175. The predicted octanol–water partition coefficient (Wildman–Crippen LogP) is 2.17. The van der Waals surface area contributed by atoms with Gasteiger partial charge in [0, 0.05) is 0 Å². The number of carbonyl (C=O) groups excluding carboxylic acids is 1. The molecule has 0 saturated carbocycles. The number of hydrogen-bond acceptors (Lipinski definition) is 5. The molecule has 0 aliphatic carbocycles. The Morgan fingerprint density at radius 2 is 1.83 bits per heavy atom. The molecule has 1 saturated heterocycles. The van der Waals surface area contributed by atoms with Crippen LogP contribution in [0, 0.1) is 17.5 Å². The van der Waals surface area contributed by atoms with Gasteiger partial charge in [0.1, 0.15) is 34.4 Å². The zero-order valence-electron chi connectivity index (χ0n) is 12.5. The van der Waals surface area contributed by atoms with Gasteiger partial charge in [0.2, 0.25) is 0 Å². The molecular formula is C16H12F3NO4. The minimum absolute atomic E-state index is 0.0166. The van der Waals surface area contributed by atoms with E-state index in [0.717, 1.165) is 31.4 Å². The Morgan fingerprint density at radius 1 is 1.21 bits per heavy atom. The first kappa shape index (κ1) is 16.4. The molecule has 0 unspecified atom stereocenters. The zero-order valence-corrected chi connectivity index (χ0v) is 12.5. The van der Waals surface area contributed by atoms with Crippen LogP contribution >= 0.6 is 0 Å². The molecule has 0 amide bonds. The van der Waals surface area contributed by atoms with E-state index >= 15 is 0 Å². The van der Waals surface area contributed by atoms with E-state index in [1.807, 2.05) is 0 Å². The smallest absolute Gasteiger partial charge is 0.356 e. The summed E-state index contributed by atoms with van der Waals surface area (Å²) in [7, 11) is 1.10. The summed E-state index contributed by atoms with van der Waals surface area (Å²) in [5, 5.41) is 10.1. The number of aromatic nitrogens is 1. The Kier molecular flexibility index (Phi) is 4.02. The second-order valence-corrected chi connectivity index (χ2v) is 5.36. The van der Waals surface area contributed by atoms with Gasteiger partial charge in [-0.2, -0.15) is 0 Å². The van der Waals surface area contributed by atoms with Crippen molar-refractivity contribution in [3.63, 3.8) is 0 Å². The number of ether oxygens (including phenoxy) is 2. The first-order valence-electron chi connectivity index (χ1n) is 6.90. The fourth-order valence-electron chi connectivity index (χ4n) is 2.37. The monoisotopic (exact) mass is 339 g/mol. The van der Waals surface area contributed by atoms with Gasteiger partial charge in [-0.25, -0.2) is 22.9 Å². The first-order valence-corrected chi connectivity index (χ1v) is 6.90. The third-order valence-corrected chi connectivity index (χ3v) is 3.74. The van der Waals surface area contributed by atoms with Crippen molar-refractivity contribution in [1.29, 1.82) is 0 Å². The molecule has 5 nitrogen and oxygen atoms in total. The number of halogens is 3. The molecule has 126 valence electrons. The van der Waals surface area contributed by atoms with Crippen molar-refractivity contribution in [3.8, 4) is 11.3 Å². The maximum Gasteiger partial charge on any atom is 0.356 e. The van der Waals surface area contributed by atoms with Crippen molar-refractivity contribution in [2.75, 3.05) is 20.3 Å². The highest BCUT2D eigenvalue weighted by Crippen LogP contribution is 2.34. The molecule has 1 N–H and O–H groups in total. The third-order valence-electron chi connectivity index (χ3n) is 3.74. The van der Waals surface area contributed by atoms with Crippen LogP contribution in [0.2, 0.25) is 0 Å². The van der Waals surface area contributed by atoms with Crippen molar-refractivity contribution in [3.05, 3.63) is 53.0 Å². The van der Waals surface area contributed by atoms with E-state index in [0.29, 0.717) is 0 Å². The van der Waals surface area contributed by atoms with Crippen LogP contribution in [0.5, 0.6) is 0 Å². The Hall–Kier alpha value is -2.45. The minimum atomic E-state index is -1.47. The maximum atomic E-state index is 14.4. The van der Waals surface area contributed by atoms with E-state index in [4.69, 9.17) is 4.74 Å². The number of rotatable bonds is 3. The molecule has 0 radical (unpaired) electrons. The molecule has 2 aromatic rings. The number of esters is 1. The van der Waals surface area contributed by atoms with E-state index < -0.39 is 40.3 Å². The predicted molar refractivity (Wildman–Crippen MR) is 75.6 cm³/mol. The topological polar surface area (TPSA) is 68.7 Å². The number of hydrogen-bond donors (Lipinski definition) is 1. The number of carbonyl (C=O) groups is 1. The lowest BCUT2D eigenvalue weighted by Gasteiger charge is -2.36. The van der Waals surface area contributed by atoms with Crippen LogP contribution in [0.15, 0.2) is 24.3 Å². The molecular weight excluding hydrogens is 327 g/mol. The molecule has 1 aliphatic heterocycles. The van der Waals surface area contributed by atoms with Crippen LogP contribution in [0.4, 0.5) is 13.2 Å². The van der Waals surface area contributed by atoms with E-state index in [1.165, 1.54) is 0 Å². The molecule has 2 heterocycles. The maximum absolute atomic E-state index is 14.4. The summed E-state index contributed by atoms with van der Waals surface area (Å²) in [5.74, 6) is -4.09. The summed E-state index contributed by atoms with van der Waals surface area (Å²) in [4.78, 5) is 15.1. The second kappa shape index (κ2) is 5.88. The van der Waals surface area contributed by atoms with Gasteiger partial charge in [-0.3, -0.25) is 0 Å². The molecule has 3 rings (SSSR count). The van der Waals surface area contributed by atoms with Crippen molar-refractivity contribution < 1.29 is 32.5 Å². The van der Waals surface area contributed by atoms with Crippen molar-refractivity contribution in [2.24, 2.45) is 0 Å². The Balaban J connectivity index is 2.11. The van der Waals surface area contributed by atoms with Gasteiger partial charge in [-0.05, 0) is 29.8 Å². The van der Waals surface area contributed by atoms with Crippen molar-refractivity contribution >= 4 is 5.97 Å². The molecule has 1 aromatic carbocycles. The quantitative estimate of drug-likeness (QED) is 0.868. The molecule has 1 fully saturated rings. The third kappa shape index (κ3) is 2.63. The SMILES string of the molecule is COC(=O)c1ccc(F)c(-c2c(F)cc(C3(O)COC3)cc2F)n1. The van der Waals surface area contributed by atoms with Crippen LogP contribution < -0.4 is 0 Å². The van der Waals surface area contributed by atoms with E-state index in [1.54, 1.807) is 0 Å². The van der Waals surface area contributed by atoms with Crippen LogP contribution in [0.25, 0.3) is 11.3 Å². The lowest BCUT2D eigenvalue weighted by Crippen LogP contribution is -2.46. The molecule has 1 aromatic heterocycles. The van der Waals surface area contributed by atoms with E-state index in [9.17, 15) is 23.1 Å². The number of benzene rings is 1. The summed E-state index contributed by atoms with van der Waals surface area (Å²) in [6.07, 6.45) is 0. The molecule has 8 heteroatoms. The highest BCUT2D eigenvalue weighted by atomic mass is 19.1. The number of nitrogens with zero attached hydrogens (tertiary/aromatic N) is 1. The lowest BCUT2D eigenvalue weighted by molar-refractivity contribution is -0.184. The van der Waals surface area contributed by atoms with E-state index in [-0.39, 0.29) is 24.5 Å². The minimum Gasteiger partial charge on any atom is -0.464 e. The molecule has 1 aliphatic rings. The van der Waals surface area contributed by atoms with Gasteiger partial charge < -0.3 is 14.6 Å². The van der Waals surface area contributed by atoms with Crippen molar-refractivity contribution in [2.45, 2.75) is 5.60 Å². The Labute approximate surface area is 134 Å². The van der Waals surface area contributed by atoms with Crippen molar-refractivity contribution in [1.82, 2.24) is 4.98 Å². The van der Waals surface area contributed by atoms with Gasteiger partial charge in [0.15, 0.2) is 0 Å². The average molecular weight is 339 g/mol. The second-order valence-electron chi connectivity index (χ2n) is 5.36. The highest BCUT2D eigenvalue weighted by Gasteiger charge is 2.39. The molecule has 24 heavy (non-hydrogen) atoms. The summed E-state index contributed by atoms with van der Waals surface area (Å²) in [6, 6.07) is 3.71. The number of pyridine rings is 1. The number of aliphatic hydroxyl groups is 1. The van der Waals surface area contributed by atoms with E-state index in [2.05, 4.69) is 9.72 Å². The lowest BCUT2D eigenvalue weighted by atomic mass is 9.90. The standard InChI is InChI=1S/C16H12F3NO4/c1-23-15(21)12-3-2-9(17)14(20-12)13-10(18)4-8(5-11(13)19)16(22)6-24-7-16/h2-5,22H,6-7H2,1H3. The largest absolute Gasteiger partial charge is 0.464 e. The average Bonchev–Trinajstić information content (AvgIpc) is 2.52. The normalized spacial score (nSPS) is 15.7. The van der Waals surface area contributed by atoms with Gasteiger partial charge in [-0.1, -0.05) is 0 Å². The molecule has 0 spiro atoms. The van der Waals surface area contributed by atoms with Crippen LogP contribution in [0.1, 0.15) is 16.1 Å². The van der Waals surface area contributed by atoms with Gasteiger partial charge >= 0.3 is 5.97 Å². The van der Waals surface area contributed by atoms with Gasteiger partial charge in [-0.15, -0.1) is 0 Å². The highest BCUT2D eigenvalue weighted by molar-refractivity contribution is 5.87. The van der Waals surface area contributed by atoms with Crippen LogP contribution in [0.3, 0.4) is 0 Å². The first-order chi connectivity index (χ1) is 11.4. The molecule has 0 bridgehead atoms. The Bertz CT molecular complexity index is 798. The van der Waals surface area contributed by atoms with Crippen LogP contribution in [-0.2, 0) is 15.1 Å². The van der Waals surface area contributed by atoms with Crippen LogP contribution in [-0.4, -0.2) is 36.4 Å². The summed E-state index contributed by atoms with van der Waals surface area (Å²) < 4.78 is 52.0. The van der Waals surface area contributed by atoms with Gasteiger partial charge in [0.05, 0.1) is 25.9 Å². The van der Waals surface area contributed by atoms with Gasteiger partial charge in [0.25, 0.3) is 0 Å². The summed E-state index contributed by atoms with van der Waals surface area (Å²) >= 11 is 0. The zero-order chi connectivity index (χ0) is 17.5. The fraction of sp³-hybridized carbons (Fsp3) is 0.250.